The first-order chi connectivity index (χ1) is 70.8. The summed E-state index contributed by atoms with van der Waals surface area (Å²) >= 11 is -2.59. The summed E-state index contributed by atoms with van der Waals surface area (Å²) in [6.45, 7) is 71.0. The van der Waals surface area contributed by atoms with Crippen molar-refractivity contribution in [2.24, 2.45) is 30.0 Å². The molecule has 0 saturated carbocycles. The van der Waals surface area contributed by atoms with Crippen molar-refractivity contribution in [1.82, 2.24) is 24.5 Å². The Hall–Kier alpha value is -9.94. The van der Waals surface area contributed by atoms with Gasteiger partial charge in [-0.3, -0.25) is 63.6 Å². The van der Waals surface area contributed by atoms with Gasteiger partial charge >= 0.3 is 53.6 Å². The van der Waals surface area contributed by atoms with Gasteiger partial charge in [-0.25, -0.2) is 0 Å². The molecule has 22 heteroatoms. The van der Waals surface area contributed by atoms with Crippen molar-refractivity contribution in [1.29, 1.82) is 0 Å². The molecule has 0 bridgehead atoms. The van der Waals surface area contributed by atoms with Crippen molar-refractivity contribution < 1.29 is 31.9 Å². The van der Waals surface area contributed by atoms with Gasteiger partial charge in [-0.2, -0.15) is 0 Å². The highest BCUT2D eigenvalue weighted by Gasteiger charge is 2.38. The highest BCUT2D eigenvalue weighted by molar-refractivity contribution is 6.23. The number of guanidine groups is 1. The summed E-state index contributed by atoms with van der Waals surface area (Å²) in [4.78, 5) is 43.3. The number of benzene rings is 9. The van der Waals surface area contributed by atoms with Gasteiger partial charge in [0.15, 0.2) is 0 Å². The van der Waals surface area contributed by atoms with E-state index < -0.39 is 47.7 Å². The van der Waals surface area contributed by atoms with Crippen molar-refractivity contribution in [3.05, 3.63) is 246 Å². The topological polar surface area (TPSA) is 152 Å². The summed E-state index contributed by atoms with van der Waals surface area (Å²) in [6.07, 6.45) is 32.3. The van der Waals surface area contributed by atoms with E-state index in [2.05, 4.69) is 280 Å². The molecule has 3 fully saturated rings. The minimum absolute atomic E-state index is 0.0146. The fraction of sp³-hybridized carbons (Fsp3) is 0.512. The summed E-state index contributed by atoms with van der Waals surface area (Å²) < 4.78 is 46.0. The van der Waals surface area contributed by atoms with E-state index in [0.717, 1.165) is 199 Å². The second-order valence-corrected chi connectivity index (χ2v) is 52.9. The number of nitrogens with zero attached hydrogens (tertiary/aromatic N) is 13. The average molecular weight is 2050 g/mol. The average Bonchev–Trinajstić information content (AvgIpc) is 1.47. The molecule has 9 aliphatic rings. The Morgan fingerprint density at radius 1 is 0.282 bits per heavy atom. The molecule has 9 aromatic carbocycles. The van der Waals surface area contributed by atoms with E-state index >= 15 is 0 Å². The van der Waals surface area contributed by atoms with Crippen LogP contribution in [-0.2, 0) is 69.3 Å². The van der Waals surface area contributed by atoms with Crippen LogP contribution in [0.5, 0.6) is 34.5 Å². The standard InChI is InChI=1S/C44H60N4O2.C43H59N5O2.C40H54N4O2.3Al/c1-42(2,3)34-25-31(17-15-22-48-24-16-23-47-21-14-10-11-20-39(47)48)40(49)32(26-34)29-45-37-18-12-13-19-38(37)46-30-33-27-35(43(4,5)6)28-36(41(33)50)44(7,8)9;1-41(2,3)33-24-30(16-13-20-47-22-15-23-48-21-14-19-46(10)40(47)48)38(49)31(25-33)28-44-36-17-11-12-18-37(36)45-29-32-26-34(42(4,5)6)27-35(39(32)50)43(7,8)9;1-39(2,3)33-21-29(37(45)31(23-33)27-43-17-11-7-12-18-43)25-41-35-15-9-10-16-36(35)42-26-30-22-34(40(4,5)6)24-32(38(30)46)28-44-19-13-8-14-20-44;;;/h12-13,18-19,25-30H,10-11,14-17,20-24H2,1-9H3,(H-,45,46,49,50);11-12,17-18,24-29H,13-16,19-23H2,1-10H3,(H-,44,45,49,50);9-10,15-16,21-26,45-46H,7-8,11-14,17-20,27-28H2,1-6H3;;;/q;;;3*+2/p-4. The first kappa shape index (κ1) is 112. The van der Waals surface area contributed by atoms with Crippen LogP contribution in [0.15, 0.2) is 176 Å². The number of aliphatic imine (C=N–C) groups is 6. The van der Waals surface area contributed by atoms with Crippen molar-refractivity contribution in [3.63, 3.8) is 0 Å². The summed E-state index contributed by atoms with van der Waals surface area (Å²) in [5.41, 5.74) is 25.3. The van der Waals surface area contributed by atoms with Crippen LogP contribution in [-0.4, -0.2) is 223 Å². The first-order valence-electron chi connectivity index (χ1n) is 55.7. The fourth-order valence-electron chi connectivity index (χ4n) is 21.6. The number of rotatable bonds is 12. The van der Waals surface area contributed by atoms with Crippen LogP contribution in [0.2, 0.25) is 0 Å². The zero-order valence-electron chi connectivity index (χ0n) is 94.9. The smallest absolute Gasteiger partial charge is 0.615 e. The number of amidine groups is 1. The molecule has 0 spiro atoms. The van der Waals surface area contributed by atoms with E-state index in [1.165, 1.54) is 183 Å². The quantitative estimate of drug-likeness (QED) is 0.0849. The van der Waals surface area contributed by atoms with E-state index in [4.69, 9.17) is 52.7 Å². The largest absolute Gasteiger partial charge is 0.881 e. The zero-order valence-corrected chi connectivity index (χ0v) is 98.4. The molecule has 0 aromatic heterocycles. The lowest BCUT2D eigenvalue weighted by Crippen LogP contribution is -2.57. The van der Waals surface area contributed by atoms with Crippen LogP contribution in [0.4, 0.5) is 34.1 Å². The molecular weight excluding hydrogens is 1880 g/mol. The lowest BCUT2D eigenvalue weighted by molar-refractivity contribution is -0.539. The van der Waals surface area contributed by atoms with Crippen molar-refractivity contribution in [2.45, 2.75) is 332 Å². The molecule has 9 heterocycles. The molecule has 19 nitrogen and oxygen atoms in total. The third-order valence-electron chi connectivity index (χ3n) is 30.6. The number of hydrogen-bond acceptors (Lipinski definition) is 17. The Morgan fingerprint density at radius 2 is 0.570 bits per heavy atom. The molecule has 18 rings (SSSR count). The van der Waals surface area contributed by atoms with Crippen LogP contribution in [0.25, 0.3) is 0 Å². The summed E-state index contributed by atoms with van der Waals surface area (Å²) in [5.74, 6) is 8.27. The molecule has 0 N–H and O–H groups in total. The third-order valence-corrected chi connectivity index (χ3v) is 32.5. The van der Waals surface area contributed by atoms with E-state index in [-0.39, 0.29) is 43.3 Å². The van der Waals surface area contributed by atoms with E-state index in [9.17, 15) is 0 Å². The maximum absolute atomic E-state index is 6.85. The molecular formula is C127H169Al3N13O6+2. The second-order valence-electron chi connectivity index (χ2n) is 50.9. The normalized spacial score (nSPS) is 17.2. The second kappa shape index (κ2) is 48.2. The highest BCUT2D eigenvalue weighted by atomic mass is 27.2. The monoisotopic (exact) mass is 2050 g/mol. The number of likely N-dealkylation sites (tertiary alicyclic amines) is 2. The minimum Gasteiger partial charge on any atom is -0.615 e. The van der Waals surface area contributed by atoms with Gasteiger partial charge in [-0.15, -0.1) is 0 Å². The van der Waals surface area contributed by atoms with Gasteiger partial charge in [0, 0.05) is 121 Å². The van der Waals surface area contributed by atoms with Crippen molar-refractivity contribution in [2.75, 3.05) is 92.1 Å². The van der Waals surface area contributed by atoms with Gasteiger partial charge in [0.25, 0.3) is 0 Å². The Kier molecular flexibility index (Phi) is 36.1. The van der Waals surface area contributed by atoms with Gasteiger partial charge in [-0.1, -0.05) is 252 Å². The molecule has 9 aliphatic heterocycles. The predicted molar refractivity (Wildman–Crippen MR) is 625 cm³/mol. The van der Waals surface area contributed by atoms with Crippen LogP contribution >= 0.6 is 0 Å². The van der Waals surface area contributed by atoms with Crippen LogP contribution in [0.1, 0.15) is 363 Å². The van der Waals surface area contributed by atoms with Crippen molar-refractivity contribution >= 4 is 131 Å². The lowest BCUT2D eigenvalue weighted by Gasteiger charge is -2.36. The lowest BCUT2D eigenvalue weighted by atomic mass is 9.79. The molecule has 0 atom stereocenters. The Morgan fingerprint density at radius 3 is 0.919 bits per heavy atom. The minimum atomic E-state index is -0.877. The molecule has 3 saturated heterocycles. The molecule has 0 aliphatic carbocycles. The molecule has 785 valence electrons. The Bertz CT molecular complexity index is 6380. The van der Waals surface area contributed by atoms with Gasteiger partial charge < -0.3 is 22.7 Å². The molecule has 9 aromatic rings. The van der Waals surface area contributed by atoms with Crippen LogP contribution in [0, 0.1) is 0 Å². The molecule has 0 amide bonds. The maximum Gasteiger partial charge on any atom is 0.881 e. The van der Waals surface area contributed by atoms with E-state index in [0.29, 0.717) is 0 Å². The van der Waals surface area contributed by atoms with Gasteiger partial charge in [0.1, 0.15) is 0 Å². The Labute approximate surface area is 914 Å². The Balaban J connectivity index is 0.000000159. The van der Waals surface area contributed by atoms with Crippen LogP contribution < -0.4 is 22.7 Å². The van der Waals surface area contributed by atoms with Crippen LogP contribution in [0.3, 0.4) is 0 Å². The van der Waals surface area contributed by atoms with Gasteiger partial charge in [0.05, 0.1) is 135 Å². The number of hydrogen-bond donors (Lipinski definition) is 0. The number of aryl methyl sites for hydroxylation is 2. The van der Waals surface area contributed by atoms with Gasteiger partial charge in [-0.05, 0) is 269 Å². The molecule has 0 unspecified atom stereocenters. The summed E-state index contributed by atoms with van der Waals surface area (Å²) in [5, 5.41) is 0. The molecule has 149 heavy (non-hydrogen) atoms. The third kappa shape index (κ3) is 29.0. The summed E-state index contributed by atoms with van der Waals surface area (Å²) in [7, 11) is 2.25. The predicted octanol–water partition coefficient (Wildman–Crippen LogP) is 27.8. The number of fused-ring (bicyclic) bond motifs is 10. The highest BCUT2D eigenvalue weighted by Crippen LogP contribution is 2.46. The molecule has 3 radical (unpaired) electrons. The van der Waals surface area contributed by atoms with E-state index in [1.54, 1.807) is 5.84 Å². The maximum atomic E-state index is 6.85. The SMILES string of the molecule is CC(C)(C)c1cc2c(c(CCCN3CCC[N+]4=C3CCCCC4)c1)[O][Al][O]c1c(cc(C(C)(C)C)cc1C(C)(C)C)C=Nc1ccccc1N=C2.CC(C)(C)c1cc2c(c(CN3CCCCC3)c1)[O][Al][O]c1c(cc(C(C)(C)C)cc1CN1CCCCC1)C=Nc1ccccc1N=C2.C[N+]1=C2N(CCCc3cc(C(C)(C)C)cc4c3[O][Al][O]c3c(cc(C(C)(C)C)cc3C(C)(C)C)C=Nc3ccccc3N=C4)CCCN2CCC1. The first-order valence-corrected chi connectivity index (χ1v) is 58.6. The zero-order chi connectivity index (χ0) is 106. The number of piperidine rings is 2. The fourth-order valence-corrected chi connectivity index (χ4v) is 24.0. The van der Waals surface area contributed by atoms with E-state index in [1.807, 2.05) is 110 Å². The summed E-state index contributed by atoms with van der Waals surface area (Å²) in [6, 6.07) is 52.0. The van der Waals surface area contributed by atoms with Crippen molar-refractivity contribution in [3.8, 4) is 34.5 Å². The van der Waals surface area contributed by atoms with Gasteiger partial charge in [0.2, 0.25) is 5.84 Å². The number of para-hydroxylation sites is 6.